The SMILES string of the molecule is CCCNc1nc(Nc2cccc3cnn(C(=O)OCC)c23)ncc1C#CCCCNC(=O)[C@H](C)N(C)C(=O)C=CCN(C)C. The number of fused-ring (bicyclic) bond motifs is 1. The molecule has 0 aliphatic carbocycles. The molecule has 3 rings (SSSR count). The number of nitrogens with one attached hydrogen (secondary N) is 3. The van der Waals surface area contributed by atoms with Crippen LogP contribution in [0.3, 0.4) is 0 Å². The highest BCUT2D eigenvalue weighted by Gasteiger charge is 2.20. The smallest absolute Gasteiger partial charge is 0.435 e. The normalized spacial score (nSPS) is 11.6. The molecule has 45 heavy (non-hydrogen) atoms. The molecule has 3 N–H and O–H groups in total. The van der Waals surface area contributed by atoms with E-state index in [1.807, 2.05) is 37.2 Å². The van der Waals surface area contributed by atoms with E-state index in [1.54, 1.807) is 39.4 Å². The maximum atomic E-state index is 12.5. The molecule has 0 aliphatic heterocycles. The quantitative estimate of drug-likeness (QED) is 0.139. The first kappa shape index (κ1) is 34.5. The summed E-state index contributed by atoms with van der Waals surface area (Å²) < 4.78 is 6.35. The zero-order valence-electron chi connectivity index (χ0n) is 26.9. The van der Waals surface area contributed by atoms with Crippen molar-refractivity contribution in [3.05, 3.63) is 48.3 Å². The number of benzene rings is 1. The fourth-order valence-corrected chi connectivity index (χ4v) is 4.08. The molecule has 0 unspecified atom stereocenters. The van der Waals surface area contributed by atoms with E-state index in [4.69, 9.17) is 4.74 Å². The number of likely N-dealkylation sites (N-methyl/N-ethyl adjacent to an activating group) is 2. The molecule has 0 saturated heterocycles. The molecule has 0 aliphatic rings. The average molecular weight is 618 g/mol. The van der Waals surface area contributed by atoms with Gasteiger partial charge in [-0.2, -0.15) is 14.8 Å². The first-order valence-corrected chi connectivity index (χ1v) is 15.0. The fraction of sp³-hybridized carbons (Fsp3) is 0.438. The highest BCUT2D eigenvalue weighted by molar-refractivity contribution is 5.97. The molecule has 13 nitrogen and oxygen atoms in total. The number of aromatic nitrogens is 4. The van der Waals surface area contributed by atoms with E-state index < -0.39 is 12.1 Å². The summed E-state index contributed by atoms with van der Waals surface area (Å²) in [7, 11) is 5.45. The van der Waals surface area contributed by atoms with Gasteiger partial charge in [-0.1, -0.05) is 37.0 Å². The van der Waals surface area contributed by atoms with Gasteiger partial charge in [-0.25, -0.2) is 9.78 Å². The Balaban J connectivity index is 1.61. The van der Waals surface area contributed by atoms with E-state index >= 15 is 0 Å². The Morgan fingerprint density at radius 3 is 2.67 bits per heavy atom. The van der Waals surface area contributed by atoms with Gasteiger partial charge < -0.3 is 30.5 Å². The van der Waals surface area contributed by atoms with Crippen LogP contribution in [-0.2, 0) is 14.3 Å². The number of amides is 2. The summed E-state index contributed by atoms with van der Waals surface area (Å²) in [5.41, 5.74) is 1.80. The highest BCUT2D eigenvalue weighted by atomic mass is 16.5. The van der Waals surface area contributed by atoms with Crippen molar-refractivity contribution in [2.24, 2.45) is 0 Å². The Bertz CT molecular complexity index is 1550. The summed E-state index contributed by atoms with van der Waals surface area (Å²) in [6.45, 7) is 7.51. The molecule has 1 aromatic carbocycles. The van der Waals surface area contributed by atoms with Gasteiger partial charge in [0.1, 0.15) is 17.4 Å². The van der Waals surface area contributed by atoms with Crippen LogP contribution in [0.1, 0.15) is 45.6 Å². The number of nitrogens with zero attached hydrogens (tertiary/aromatic N) is 6. The molecule has 2 amide bonds. The Hall–Kier alpha value is -4.96. The second-order valence-corrected chi connectivity index (χ2v) is 10.5. The Labute approximate surface area is 264 Å². The number of ether oxygens (including phenoxy) is 1. The number of hydrogen-bond acceptors (Lipinski definition) is 10. The third kappa shape index (κ3) is 10.0. The van der Waals surface area contributed by atoms with Crippen LogP contribution in [0.25, 0.3) is 10.9 Å². The topological polar surface area (TPSA) is 147 Å². The van der Waals surface area contributed by atoms with Gasteiger partial charge in [0, 0.05) is 44.6 Å². The summed E-state index contributed by atoms with van der Waals surface area (Å²) in [6, 6.07) is 4.93. The van der Waals surface area contributed by atoms with E-state index in [2.05, 4.69) is 49.8 Å². The third-order valence-corrected chi connectivity index (χ3v) is 6.65. The summed E-state index contributed by atoms with van der Waals surface area (Å²) in [4.78, 5) is 49.7. The number of hydrogen-bond donors (Lipinski definition) is 3. The van der Waals surface area contributed by atoms with Crippen molar-refractivity contribution in [3.8, 4) is 11.8 Å². The van der Waals surface area contributed by atoms with Crippen LogP contribution in [0, 0.1) is 11.8 Å². The molecular weight excluding hydrogens is 574 g/mol. The van der Waals surface area contributed by atoms with Gasteiger partial charge in [-0.05, 0) is 46.9 Å². The number of carbonyl (C=O) groups excluding carboxylic acids is 3. The predicted molar refractivity (Wildman–Crippen MR) is 175 cm³/mol. The number of anilines is 3. The van der Waals surface area contributed by atoms with E-state index in [1.165, 1.54) is 15.7 Å². The second-order valence-electron chi connectivity index (χ2n) is 10.5. The molecule has 0 radical (unpaired) electrons. The van der Waals surface area contributed by atoms with Crippen molar-refractivity contribution < 1.29 is 19.1 Å². The first-order chi connectivity index (χ1) is 21.7. The number of carbonyl (C=O) groups is 3. The molecule has 2 aromatic heterocycles. The zero-order valence-corrected chi connectivity index (χ0v) is 26.9. The van der Waals surface area contributed by atoms with Gasteiger partial charge in [0.05, 0.1) is 30.3 Å². The monoisotopic (exact) mass is 617 g/mol. The molecule has 0 bridgehead atoms. The van der Waals surface area contributed by atoms with E-state index in [0.717, 1.165) is 11.8 Å². The first-order valence-electron chi connectivity index (χ1n) is 15.0. The lowest BCUT2D eigenvalue weighted by Gasteiger charge is -2.23. The minimum Gasteiger partial charge on any atom is -0.448 e. The highest BCUT2D eigenvalue weighted by Crippen LogP contribution is 2.26. The lowest BCUT2D eigenvalue weighted by atomic mass is 10.2. The lowest BCUT2D eigenvalue weighted by Crippen LogP contribution is -2.45. The second kappa shape index (κ2) is 17.4. The summed E-state index contributed by atoms with van der Waals surface area (Å²) in [5.74, 6) is 6.74. The van der Waals surface area contributed by atoms with Crippen LogP contribution in [0.15, 0.2) is 42.7 Å². The third-order valence-electron chi connectivity index (χ3n) is 6.65. The molecule has 240 valence electrons. The van der Waals surface area contributed by atoms with Crippen LogP contribution in [0.4, 0.5) is 22.2 Å². The Morgan fingerprint density at radius 2 is 1.93 bits per heavy atom. The molecule has 2 heterocycles. The van der Waals surface area contributed by atoms with Gasteiger partial charge in [0.15, 0.2) is 0 Å². The van der Waals surface area contributed by atoms with Crippen molar-refractivity contribution >= 4 is 46.3 Å². The van der Waals surface area contributed by atoms with Gasteiger partial charge in [0.25, 0.3) is 0 Å². The van der Waals surface area contributed by atoms with Crippen LogP contribution in [0.2, 0.25) is 0 Å². The van der Waals surface area contributed by atoms with E-state index in [9.17, 15) is 14.4 Å². The van der Waals surface area contributed by atoms with Crippen molar-refractivity contribution in [1.82, 2.24) is 34.9 Å². The van der Waals surface area contributed by atoms with Gasteiger partial charge in [-0.15, -0.1) is 0 Å². The fourth-order valence-electron chi connectivity index (χ4n) is 4.08. The number of rotatable bonds is 14. The summed E-state index contributed by atoms with van der Waals surface area (Å²) >= 11 is 0. The summed E-state index contributed by atoms with van der Waals surface area (Å²) in [5, 5.41) is 14.3. The van der Waals surface area contributed by atoms with Crippen LogP contribution in [-0.4, -0.2) is 101 Å². The molecule has 0 spiro atoms. The molecular formula is C32H43N9O4. The Kier molecular flexibility index (Phi) is 13.3. The lowest BCUT2D eigenvalue weighted by molar-refractivity contribution is -0.135. The minimum atomic E-state index is -0.596. The molecule has 1 atom stereocenters. The maximum Gasteiger partial charge on any atom is 0.435 e. The molecule has 13 heteroatoms. The van der Waals surface area contributed by atoms with E-state index in [0.29, 0.717) is 61.0 Å². The van der Waals surface area contributed by atoms with Crippen molar-refractivity contribution in [2.75, 3.05) is 58.0 Å². The van der Waals surface area contributed by atoms with Crippen molar-refractivity contribution in [1.29, 1.82) is 0 Å². The largest absolute Gasteiger partial charge is 0.448 e. The van der Waals surface area contributed by atoms with Crippen LogP contribution >= 0.6 is 0 Å². The van der Waals surface area contributed by atoms with Crippen LogP contribution < -0.4 is 16.0 Å². The molecule has 0 saturated carbocycles. The Morgan fingerprint density at radius 1 is 1.13 bits per heavy atom. The predicted octanol–water partition coefficient (Wildman–Crippen LogP) is 3.61. The number of unbranched alkanes of at least 4 members (excludes halogenated alkanes) is 1. The van der Waals surface area contributed by atoms with E-state index in [-0.39, 0.29) is 18.4 Å². The average Bonchev–Trinajstić information content (AvgIpc) is 3.47. The standard InChI is InChI=1S/C32H43N9O4/c1-7-18-33-29-25(14-10-9-11-19-34-30(43)23(3)40(6)27(42)17-13-20-39(4)5)21-35-31(38-29)37-26-16-12-15-24-22-36-41(28(24)26)32(44)45-8-2/h12-13,15-17,21-23H,7-9,11,18-20H2,1-6H3,(H,34,43)(H2,33,35,37,38)/t23-/m0/s1. The van der Waals surface area contributed by atoms with Gasteiger partial charge >= 0.3 is 6.09 Å². The molecule has 3 aromatic rings. The van der Waals surface area contributed by atoms with Crippen molar-refractivity contribution in [3.63, 3.8) is 0 Å². The van der Waals surface area contributed by atoms with Crippen LogP contribution in [0.5, 0.6) is 0 Å². The summed E-state index contributed by atoms with van der Waals surface area (Å²) in [6.07, 6.45) is 8.01. The molecule has 0 fully saturated rings. The zero-order chi connectivity index (χ0) is 32.8. The number of para-hydroxylation sites is 1. The van der Waals surface area contributed by atoms with Gasteiger partial charge in [0.2, 0.25) is 17.8 Å². The van der Waals surface area contributed by atoms with Crippen molar-refractivity contribution in [2.45, 2.75) is 46.1 Å². The van der Waals surface area contributed by atoms with Gasteiger partial charge in [-0.3, -0.25) is 9.59 Å². The minimum absolute atomic E-state index is 0.219. The maximum absolute atomic E-state index is 12.5.